The summed E-state index contributed by atoms with van der Waals surface area (Å²) in [4.78, 5) is 22.8. The molecule has 6 nitrogen and oxygen atoms in total. The van der Waals surface area contributed by atoms with Gasteiger partial charge >= 0.3 is 0 Å². The second-order valence-corrected chi connectivity index (χ2v) is 5.18. The molecule has 0 spiro atoms. The van der Waals surface area contributed by atoms with Crippen LogP contribution in [0.15, 0.2) is 36.7 Å². The van der Waals surface area contributed by atoms with Crippen molar-refractivity contribution in [1.82, 2.24) is 9.97 Å². The van der Waals surface area contributed by atoms with Crippen LogP contribution >= 0.6 is 0 Å². The molecule has 2 aromatic rings. The van der Waals surface area contributed by atoms with Crippen LogP contribution in [0.3, 0.4) is 0 Å². The molecule has 1 aromatic heterocycles. The van der Waals surface area contributed by atoms with E-state index in [1.54, 1.807) is 12.1 Å². The summed E-state index contributed by atoms with van der Waals surface area (Å²) in [5, 5.41) is 2.82. The maximum absolute atomic E-state index is 12.2. The van der Waals surface area contributed by atoms with Gasteiger partial charge in [0, 0.05) is 24.7 Å². The zero-order valence-corrected chi connectivity index (χ0v) is 12.5. The first kappa shape index (κ1) is 14.5. The summed E-state index contributed by atoms with van der Waals surface area (Å²) in [6.45, 7) is 4.92. The van der Waals surface area contributed by atoms with Crippen LogP contribution in [0.5, 0.6) is 0 Å². The van der Waals surface area contributed by atoms with Crippen LogP contribution in [0.4, 0.5) is 11.6 Å². The molecule has 1 amide bonds. The maximum atomic E-state index is 12.2. The largest absolute Gasteiger partial charge is 0.378 e. The molecular formula is C16H18N4O2. The number of nitrogens with zero attached hydrogens (tertiary/aromatic N) is 3. The molecule has 0 saturated carbocycles. The van der Waals surface area contributed by atoms with Gasteiger partial charge in [-0.2, -0.15) is 0 Å². The number of carbonyl (C=O) groups is 1. The molecule has 6 heteroatoms. The van der Waals surface area contributed by atoms with Gasteiger partial charge in [0.05, 0.1) is 13.2 Å². The number of anilines is 2. The number of nitrogens with one attached hydrogen (secondary N) is 1. The lowest BCUT2D eigenvalue weighted by molar-refractivity contribution is 0.102. The molecule has 3 rings (SSSR count). The number of amides is 1. The minimum atomic E-state index is -0.171. The molecule has 0 atom stereocenters. The van der Waals surface area contributed by atoms with Crippen LogP contribution in [0, 0.1) is 6.92 Å². The summed E-state index contributed by atoms with van der Waals surface area (Å²) < 4.78 is 5.33. The lowest BCUT2D eigenvalue weighted by Crippen LogP contribution is -2.36. The standard InChI is InChI=1S/C16H18N4O2/c1-12-3-2-4-13(9-12)16(21)19-14-10-15(18-11-17-14)20-5-7-22-8-6-20/h2-4,9-11H,5-8H2,1H3,(H,17,18,19,21). The molecule has 22 heavy (non-hydrogen) atoms. The minimum absolute atomic E-state index is 0.171. The van der Waals surface area contributed by atoms with E-state index in [1.807, 2.05) is 25.1 Å². The zero-order valence-electron chi connectivity index (χ0n) is 12.5. The number of morpholine rings is 1. The van der Waals surface area contributed by atoms with Crippen LogP contribution in [0.2, 0.25) is 0 Å². The molecule has 114 valence electrons. The highest BCUT2D eigenvalue weighted by atomic mass is 16.5. The third-order valence-electron chi connectivity index (χ3n) is 3.51. The van der Waals surface area contributed by atoms with E-state index in [1.165, 1.54) is 6.33 Å². The number of carbonyl (C=O) groups excluding carboxylic acids is 1. The topological polar surface area (TPSA) is 67.4 Å². The molecule has 0 unspecified atom stereocenters. The molecule has 1 saturated heterocycles. The van der Waals surface area contributed by atoms with Gasteiger partial charge in [0.2, 0.25) is 0 Å². The summed E-state index contributed by atoms with van der Waals surface area (Å²) >= 11 is 0. The van der Waals surface area contributed by atoms with E-state index in [2.05, 4.69) is 20.2 Å². The summed E-state index contributed by atoms with van der Waals surface area (Å²) in [5.74, 6) is 1.14. The first-order valence-corrected chi connectivity index (χ1v) is 7.25. The van der Waals surface area contributed by atoms with Crippen molar-refractivity contribution in [3.8, 4) is 0 Å². The third-order valence-corrected chi connectivity index (χ3v) is 3.51. The monoisotopic (exact) mass is 298 g/mol. The van der Waals surface area contributed by atoms with E-state index in [4.69, 9.17) is 4.74 Å². The number of ether oxygens (including phenoxy) is 1. The Hall–Kier alpha value is -2.47. The number of aryl methyl sites for hydroxylation is 1. The van der Waals surface area contributed by atoms with Crippen LogP contribution in [0.1, 0.15) is 15.9 Å². The first-order valence-electron chi connectivity index (χ1n) is 7.25. The quantitative estimate of drug-likeness (QED) is 0.937. The van der Waals surface area contributed by atoms with Crippen molar-refractivity contribution in [3.63, 3.8) is 0 Å². The number of aromatic nitrogens is 2. The SMILES string of the molecule is Cc1cccc(C(=O)Nc2cc(N3CCOCC3)ncn2)c1. The van der Waals surface area contributed by atoms with Gasteiger partial charge in [0.25, 0.3) is 5.91 Å². The Morgan fingerprint density at radius 1 is 1.23 bits per heavy atom. The normalized spacial score (nSPS) is 14.7. The van der Waals surface area contributed by atoms with Crippen LogP contribution in [-0.2, 0) is 4.74 Å². The van der Waals surface area contributed by atoms with Gasteiger partial charge in [0.15, 0.2) is 0 Å². The summed E-state index contributed by atoms with van der Waals surface area (Å²) in [6, 6.07) is 9.24. The van der Waals surface area contributed by atoms with Gasteiger partial charge < -0.3 is 15.0 Å². The molecule has 0 aliphatic carbocycles. The Balaban J connectivity index is 1.73. The van der Waals surface area contributed by atoms with Crippen molar-refractivity contribution in [2.45, 2.75) is 6.92 Å². The first-order chi connectivity index (χ1) is 10.7. The Morgan fingerprint density at radius 2 is 2.05 bits per heavy atom. The van der Waals surface area contributed by atoms with E-state index >= 15 is 0 Å². The van der Waals surface area contributed by atoms with E-state index < -0.39 is 0 Å². The molecule has 1 aliphatic heterocycles. The summed E-state index contributed by atoms with van der Waals surface area (Å²) in [7, 11) is 0. The van der Waals surface area contributed by atoms with Crippen molar-refractivity contribution in [2.24, 2.45) is 0 Å². The highest BCUT2D eigenvalue weighted by molar-refractivity contribution is 6.03. The summed E-state index contributed by atoms with van der Waals surface area (Å²) in [6.07, 6.45) is 1.47. The van der Waals surface area contributed by atoms with Crippen molar-refractivity contribution in [3.05, 3.63) is 47.8 Å². The number of rotatable bonds is 3. The van der Waals surface area contributed by atoms with E-state index in [0.717, 1.165) is 24.5 Å². The molecule has 0 bridgehead atoms. The average Bonchev–Trinajstić information content (AvgIpc) is 2.56. The fourth-order valence-corrected chi connectivity index (χ4v) is 2.36. The second kappa shape index (κ2) is 6.53. The highest BCUT2D eigenvalue weighted by Crippen LogP contribution is 2.16. The number of benzene rings is 1. The van der Waals surface area contributed by atoms with E-state index in [-0.39, 0.29) is 5.91 Å². The lowest BCUT2D eigenvalue weighted by atomic mass is 10.1. The molecule has 2 heterocycles. The van der Waals surface area contributed by atoms with Gasteiger partial charge in [0.1, 0.15) is 18.0 Å². The van der Waals surface area contributed by atoms with Crippen LogP contribution in [0.25, 0.3) is 0 Å². The van der Waals surface area contributed by atoms with Gasteiger partial charge in [-0.05, 0) is 19.1 Å². The van der Waals surface area contributed by atoms with Crippen molar-refractivity contribution >= 4 is 17.5 Å². The molecule has 1 aliphatic rings. The fraction of sp³-hybridized carbons (Fsp3) is 0.312. The zero-order chi connectivity index (χ0) is 15.4. The Bertz CT molecular complexity index is 669. The van der Waals surface area contributed by atoms with Gasteiger partial charge in [-0.3, -0.25) is 4.79 Å². The van der Waals surface area contributed by atoms with Gasteiger partial charge in [-0.1, -0.05) is 17.7 Å². The van der Waals surface area contributed by atoms with Crippen LogP contribution < -0.4 is 10.2 Å². The molecule has 1 aromatic carbocycles. The van der Waals surface area contributed by atoms with Crippen LogP contribution in [-0.4, -0.2) is 42.2 Å². The fourth-order valence-electron chi connectivity index (χ4n) is 2.36. The Morgan fingerprint density at radius 3 is 2.82 bits per heavy atom. The van der Waals surface area contributed by atoms with E-state index in [9.17, 15) is 4.79 Å². The summed E-state index contributed by atoms with van der Waals surface area (Å²) in [5.41, 5.74) is 1.66. The predicted molar refractivity (Wildman–Crippen MR) is 84.2 cm³/mol. The Kier molecular flexibility index (Phi) is 4.29. The highest BCUT2D eigenvalue weighted by Gasteiger charge is 2.14. The maximum Gasteiger partial charge on any atom is 0.256 e. The van der Waals surface area contributed by atoms with Gasteiger partial charge in [-0.15, -0.1) is 0 Å². The van der Waals surface area contributed by atoms with Crippen molar-refractivity contribution in [1.29, 1.82) is 0 Å². The van der Waals surface area contributed by atoms with Crippen molar-refractivity contribution < 1.29 is 9.53 Å². The Labute approximate surface area is 129 Å². The second-order valence-electron chi connectivity index (χ2n) is 5.18. The van der Waals surface area contributed by atoms with E-state index in [0.29, 0.717) is 24.6 Å². The average molecular weight is 298 g/mol. The van der Waals surface area contributed by atoms with Crippen molar-refractivity contribution in [2.75, 3.05) is 36.5 Å². The number of hydrogen-bond acceptors (Lipinski definition) is 5. The molecule has 1 fully saturated rings. The molecule has 1 N–H and O–H groups in total. The smallest absolute Gasteiger partial charge is 0.256 e. The predicted octanol–water partition coefficient (Wildman–Crippen LogP) is 1.87. The third kappa shape index (κ3) is 3.40. The molecule has 0 radical (unpaired) electrons. The molecular weight excluding hydrogens is 280 g/mol. The van der Waals surface area contributed by atoms with Gasteiger partial charge in [-0.25, -0.2) is 9.97 Å². The minimum Gasteiger partial charge on any atom is -0.378 e. The number of hydrogen-bond donors (Lipinski definition) is 1. The lowest BCUT2D eigenvalue weighted by Gasteiger charge is -2.27.